The number of allylic oxidation sites excluding steroid dienone is 9. The Morgan fingerprint density at radius 3 is 1.07 bits per heavy atom. The third-order valence-electron chi connectivity index (χ3n) is 14.5. The summed E-state index contributed by atoms with van der Waals surface area (Å²) in [4.78, 5) is 24.5. The number of amides is 1. The van der Waals surface area contributed by atoms with E-state index in [9.17, 15) is 19.8 Å². The molecule has 0 fully saturated rings. The topological polar surface area (TPSA) is 95.9 Å². The molecule has 6 heteroatoms. The number of ether oxygens (including phenoxy) is 1. The van der Waals surface area contributed by atoms with E-state index in [0.717, 1.165) is 70.6 Å². The Bertz CT molecular complexity index is 1270. The third-order valence-corrected chi connectivity index (χ3v) is 14.5. The second kappa shape index (κ2) is 62.1. The van der Waals surface area contributed by atoms with Crippen LogP contribution >= 0.6 is 0 Å². The van der Waals surface area contributed by atoms with E-state index < -0.39 is 12.1 Å². The van der Waals surface area contributed by atoms with Crippen LogP contribution in [0.4, 0.5) is 0 Å². The summed E-state index contributed by atoms with van der Waals surface area (Å²) in [6.07, 6.45) is 81.2. The van der Waals surface area contributed by atoms with Crippen molar-refractivity contribution in [1.82, 2.24) is 5.32 Å². The molecule has 0 bridgehead atoms. The number of rotatable bonds is 59. The second-order valence-corrected chi connectivity index (χ2v) is 21.7. The summed E-state index contributed by atoms with van der Waals surface area (Å²) < 4.78 is 5.48. The van der Waals surface area contributed by atoms with Crippen molar-refractivity contribution >= 4 is 11.9 Å². The molecule has 0 saturated carbocycles. The predicted molar refractivity (Wildman–Crippen MR) is 319 cm³/mol. The Balaban J connectivity index is 3.47. The lowest BCUT2D eigenvalue weighted by molar-refractivity contribution is -0.143. The summed E-state index contributed by atoms with van der Waals surface area (Å²) in [5.41, 5.74) is 0. The number of aliphatic hydroxyl groups excluding tert-OH is 2. The van der Waals surface area contributed by atoms with Crippen LogP contribution in [0.1, 0.15) is 328 Å². The molecule has 0 aliphatic carbocycles. The van der Waals surface area contributed by atoms with Crippen molar-refractivity contribution in [2.24, 2.45) is 0 Å². The quantitative estimate of drug-likeness (QED) is 0.0320. The van der Waals surface area contributed by atoms with Crippen LogP contribution in [0.3, 0.4) is 0 Å². The predicted octanol–water partition coefficient (Wildman–Crippen LogP) is 20.3. The van der Waals surface area contributed by atoms with Gasteiger partial charge in [0.2, 0.25) is 5.91 Å². The molecule has 6 nitrogen and oxygen atoms in total. The van der Waals surface area contributed by atoms with E-state index in [4.69, 9.17) is 4.74 Å². The van der Waals surface area contributed by atoms with E-state index in [1.165, 1.54) is 231 Å². The fourth-order valence-corrected chi connectivity index (χ4v) is 9.58. The second-order valence-electron chi connectivity index (χ2n) is 21.7. The Kier molecular flexibility index (Phi) is 60.0. The fraction of sp³-hybridized carbons (Fsp3) is 0.821. The van der Waals surface area contributed by atoms with Gasteiger partial charge in [0.05, 0.1) is 25.4 Å². The van der Waals surface area contributed by atoms with Gasteiger partial charge in [-0.1, -0.05) is 280 Å². The molecule has 0 saturated heterocycles. The zero-order valence-corrected chi connectivity index (χ0v) is 48.6. The summed E-state index contributed by atoms with van der Waals surface area (Å²) >= 11 is 0. The first kappa shape index (κ1) is 70.6. The van der Waals surface area contributed by atoms with E-state index in [2.05, 4.69) is 67.8 Å². The van der Waals surface area contributed by atoms with Gasteiger partial charge in [0.1, 0.15) is 0 Å². The molecule has 3 N–H and O–H groups in total. The van der Waals surface area contributed by atoms with Gasteiger partial charge in [-0.3, -0.25) is 9.59 Å². The highest BCUT2D eigenvalue weighted by Crippen LogP contribution is 2.16. The Morgan fingerprint density at radius 1 is 0.384 bits per heavy atom. The molecule has 0 aromatic carbocycles. The molecule has 0 radical (unpaired) electrons. The van der Waals surface area contributed by atoms with Crippen molar-refractivity contribution in [2.45, 2.75) is 341 Å². The largest absolute Gasteiger partial charge is 0.466 e. The standard InChI is InChI=1S/C67H123NO5/c1-3-5-7-9-11-13-15-17-19-28-33-37-41-45-49-53-57-61-67(72)73-62-58-54-50-46-42-38-34-30-27-25-23-21-22-24-26-29-32-36-40-44-48-52-56-60-66(71)68-64(63-69)65(70)59-55-51-47-43-39-35-31-20-18-16-14-12-10-8-6-4-2/h11,13,17,19,21,23-24,26,55,59,64-65,69-70H,3-10,12,14-16,18,20,22,25,27-54,56-58,60-63H2,1-2H3,(H,68,71)/b13-11-,19-17-,23-21-,26-24-,59-55+. The highest BCUT2D eigenvalue weighted by molar-refractivity contribution is 5.76. The highest BCUT2D eigenvalue weighted by Gasteiger charge is 2.18. The van der Waals surface area contributed by atoms with Gasteiger partial charge in [-0.25, -0.2) is 0 Å². The van der Waals surface area contributed by atoms with Crippen LogP contribution in [-0.4, -0.2) is 47.4 Å². The molecule has 0 spiro atoms. The van der Waals surface area contributed by atoms with Gasteiger partial charge < -0.3 is 20.3 Å². The SMILES string of the molecule is CCCCC/C=C\C/C=C\CCCCCCCCCC(=O)OCCCCCCCCCCC/C=C\C/C=C\CCCCCCCCCC(=O)NC(CO)C(O)/C=C/CCCCCCCCCCCCCCCC. The van der Waals surface area contributed by atoms with Crippen molar-refractivity contribution in [3.05, 3.63) is 60.8 Å². The van der Waals surface area contributed by atoms with Crippen LogP contribution in [0.15, 0.2) is 60.8 Å². The van der Waals surface area contributed by atoms with E-state index >= 15 is 0 Å². The first-order valence-corrected chi connectivity index (χ1v) is 32.1. The summed E-state index contributed by atoms with van der Waals surface area (Å²) in [5.74, 6) is -0.0797. The van der Waals surface area contributed by atoms with Gasteiger partial charge in [-0.2, -0.15) is 0 Å². The van der Waals surface area contributed by atoms with Crippen molar-refractivity contribution in [1.29, 1.82) is 0 Å². The molecule has 0 aliphatic heterocycles. The number of carbonyl (C=O) groups excluding carboxylic acids is 2. The summed E-state index contributed by atoms with van der Waals surface area (Å²) in [6.45, 7) is 4.87. The van der Waals surface area contributed by atoms with Crippen LogP contribution in [0.2, 0.25) is 0 Å². The molecule has 2 unspecified atom stereocenters. The van der Waals surface area contributed by atoms with Gasteiger partial charge >= 0.3 is 5.97 Å². The van der Waals surface area contributed by atoms with Crippen LogP contribution in [0.25, 0.3) is 0 Å². The maximum atomic E-state index is 12.5. The summed E-state index contributed by atoms with van der Waals surface area (Å²) in [5, 5.41) is 23.1. The van der Waals surface area contributed by atoms with Crippen LogP contribution in [0, 0.1) is 0 Å². The number of carbonyl (C=O) groups is 2. The molecule has 426 valence electrons. The third kappa shape index (κ3) is 58.7. The Labute approximate surface area is 454 Å². The van der Waals surface area contributed by atoms with Crippen molar-refractivity contribution in [3.63, 3.8) is 0 Å². The molecule has 0 rings (SSSR count). The first-order chi connectivity index (χ1) is 36.0. The molecular weight excluding hydrogens is 899 g/mol. The van der Waals surface area contributed by atoms with Gasteiger partial charge in [0.15, 0.2) is 0 Å². The van der Waals surface area contributed by atoms with Crippen molar-refractivity contribution in [2.75, 3.05) is 13.2 Å². The molecule has 1 amide bonds. The summed E-state index contributed by atoms with van der Waals surface area (Å²) in [7, 11) is 0. The molecule has 2 atom stereocenters. The van der Waals surface area contributed by atoms with Gasteiger partial charge in [0.25, 0.3) is 0 Å². The van der Waals surface area contributed by atoms with Crippen LogP contribution < -0.4 is 5.32 Å². The summed E-state index contributed by atoms with van der Waals surface area (Å²) in [6, 6.07) is -0.637. The van der Waals surface area contributed by atoms with Gasteiger partial charge in [-0.05, 0) is 96.3 Å². The maximum absolute atomic E-state index is 12.5. The highest BCUT2D eigenvalue weighted by atomic mass is 16.5. The Hall–Kier alpha value is -2.44. The van der Waals surface area contributed by atoms with Crippen molar-refractivity contribution in [3.8, 4) is 0 Å². The molecular formula is C67H123NO5. The zero-order valence-electron chi connectivity index (χ0n) is 48.6. The minimum atomic E-state index is -0.852. The number of unbranched alkanes of at least 4 members (excludes halogenated alkanes) is 40. The average Bonchev–Trinajstić information content (AvgIpc) is 3.39. The lowest BCUT2D eigenvalue weighted by atomic mass is 10.0. The Morgan fingerprint density at radius 2 is 0.685 bits per heavy atom. The van der Waals surface area contributed by atoms with E-state index in [-0.39, 0.29) is 18.5 Å². The van der Waals surface area contributed by atoms with Crippen LogP contribution in [-0.2, 0) is 14.3 Å². The average molecular weight is 1020 g/mol. The number of hydrogen-bond donors (Lipinski definition) is 3. The number of hydrogen-bond acceptors (Lipinski definition) is 5. The molecule has 0 aromatic heterocycles. The van der Waals surface area contributed by atoms with Gasteiger partial charge in [-0.15, -0.1) is 0 Å². The smallest absolute Gasteiger partial charge is 0.305 e. The van der Waals surface area contributed by atoms with Crippen LogP contribution in [0.5, 0.6) is 0 Å². The minimum Gasteiger partial charge on any atom is -0.466 e. The normalized spacial score (nSPS) is 13.0. The molecule has 73 heavy (non-hydrogen) atoms. The van der Waals surface area contributed by atoms with E-state index in [1.807, 2.05) is 6.08 Å². The maximum Gasteiger partial charge on any atom is 0.305 e. The number of aliphatic hydroxyl groups is 2. The molecule has 0 aliphatic rings. The van der Waals surface area contributed by atoms with E-state index in [0.29, 0.717) is 19.4 Å². The lowest BCUT2D eigenvalue weighted by Crippen LogP contribution is -2.45. The molecule has 0 aromatic rings. The van der Waals surface area contributed by atoms with Crippen molar-refractivity contribution < 1.29 is 24.5 Å². The zero-order chi connectivity index (χ0) is 52.9. The number of esters is 1. The fourth-order valence-electron chi connectivity index (χ4n) is 9.58. The van der Waals surface area contributed by atoms with E-state index in [1.54, 1.807) is 6.08 Å². The van der Waals surface area contributed by atoms with Gasteiger partial charge in [0, 0.05) is 12.8 Å². The minimum absolute atomic E-state index is 0.00169. The number of nitrogens with one attached hydrogen (secondary N) is 1. The monoisotopic (exact) mass is 1020 g/mol. The molecule has 0 heterocycles. The first-order valence-electron chi connectivity index (χ1n) is 32.1. The lowest BCUT2D eigenvalue weighted by Gasteiger charge is -2.20.